The quantitative estimate of drug-likeness (QED) is 0.822. The van der Waals surface area contributed by atoms with Crippen molar-refractivity contribution >= 4 is 27.3 Å². The van der Waals surface area contributed by atoms with Crippen LogP contribution in [0.2, 0.25) is 0 Å². The Labute approximate surface area is 94.0 Å². The van der Waals surface area contributed by atoms with Crippen molar-refractivity contribution in [1.82, 2.24) is 4.57 Å². The first-order valence-corrected chi connectivity index (χ1v) is 5.81. The normalized spacial score (nSPS) is 10.4. The molecule has 14 heavy (non-hydrogen) atoms. The number of thiophene rings is 1. The van der Waals surface area contributed by atoms with E-state index in [1.807, 2.05) is 17.5 Å². The lowest BCUT2D eigenvalue weighted by molar-refractivity contribution is 0.761. The van der Waals surface area contributed by atoms with Crippen LogP contribution in [0.4, 0.5) is 0 Å². The van der Waals surface area contributed by atoms with Crippen molar-refractivity contribution in [2.24, 2.45) is 0 Å². The summed E-state index contributed by atoms with van der Waals surface area (Å²) in [5.74, 6) is 0. The maximum Gasteiger partial charge on any atom is 0.250 e. The molecule has 0 atom stereocenters. The molecule has 0 saturated carbocycles. The molecule has 2 rings (SSSR count). The van der Waals surface area contributed by atoms with Gasteiger partial charge in [-0.2, -0.15) is 0 Å². The molecule has 0 bridgehead atoms. The smallest absolute Gasteiger partial charge is 0.250 e. The number of rotatable bonds is 2. The zero-order valence-electron chi connectivity index (χ0n) is 7.31. The minimum Gasteiger partial charge on any atom is -0.311 e. The van der Waals surface area contributed by atoms with Crippen molar-refractivity contribution in [1.29, 1.82) is 0 Å². The molecule has 0 aliphatic heterocycles. The molecule has 0 N–H and O–H groups in total. The molecule has 72 valence electrons. The van der Waals surface area contributed by atoms with Gasteiger partial charge >= 0.3 is 0 Å². The van der Waals surface area contributed by atoms with E-state index in [4.69, 9.17) is 0 Å². The molecule has 2 aromatic heterocycles. The van der Waals surface area contributed by atoms with E-state index in [9.17, 15) is 4.79 Å². The second-order valence-electron chi connectivity index (χ2n) is 2.93. The van der Waals surface area contributed by atoms with Crippen molar-refractivity contribution in [3.63, 3.8) is 0 Å². The standard InChI is InChI=1S/C10H8BrNOS/c11-9-5-8(7-14-9)6-12-4-2-1-3-10(12)13/h1-5,7H,6H2. The molecule has 2 nitrogen and oxygen atoms in total. The topological polar surface area (TPSA) is 22.0 Å². The van der Waals surface area contributed by atoms with E-state index in [-0.39, 0.29) is 5.56 Å². The summed E-state index contributed by atoms with van der Waals surface area (Å²) in [6.07, 6.45) is 1.80. The summed E-state index contributed by atoms with van der Waals surface area (Å²) in [5.41, 5.74) is 1.19. The van der Waals surface area contributed by atoms with Crippen molar-refractivity contribution in [3.05, 3.63) is 55.5 Å². The van der Waals surface area contributed by atoms with Gasteiger partial charge in [0, 0.05) is 12.3 Å². The van der Waals surface area contributed by atoms with Crippen molar-refractivity contribution in [2.75, 3.05) is 0 Å². The van der Waals surface area contributed by atoms with Gasteiger partial charge < -0.3 is 4.57 Å². The molecular weight excluding hydrogens is 262 g/mol. The molecular formula is C10H8BrNOS. The SMILES string of the molecule is O=c1ccccn1Cc1csc(Br)c1. The molecule has 2 aromatic rings. The largest absolute Gasteiger partial charge is 0.311 e. The molecule has 0 saturated heterocycles. The molecule has 0 unspecified atom stereocenters. The molecule has 0 aliphatic rings. The van der Waals surface area contributed by atoms with Gasteiger partial charge in [-0.1, -0.05) is 6.07 Å². The van der Waals surface area contributed by atoms with Gasteiger partial charge in [0.15, 0.2) is 0 Å². The molecule has 0 aliphatic carbocycles. The summed E-state index contributed by atoms with van der Waals surface area (Å²) in [6.45, 7) is 0.641. The fourth-order valence-corrected chi connectivity index (χ4v) is 2.42. The van der Waals surface area contributed by atoms with E-state index >= 15 is 0 Å². The van der Waals surface area contributed by atoms with Gasteiger partial charge in [-0.25, -0.2) is 0 Å². The van der Waals surface area contributed by atoms with Gasteiger partial charge in [-0.3, -0.25) is 4.79 Å². The Hall–Kier alpha value is -0.870. The maximum absolute atomic E-state index is 11.4. The van der Waals surface area contributed by atoms with Crippen LogP contribution in [0.25, 0.3) is 0 Å². The minimum absolute atomic E-state index is 0.0369. The second kappa shape index (κ2) is 4.11. The third kappa shape index (κ3) is 2.13. The second-order valence-corrected chi connectivity index (χ2v) is 5.22. The summed E-state index contributed by atoms with van der Waals surface area (Å²) in [4.78, 5) is 11.4. The van der Waals surface area contributed by atoms with Crippen LogP contribution in [0, 0.1) is 0 Å². The Balaban J connectivity index is 2.27. The molecule has 0 spiro atoms. The first kappa shape index (κ1) is 9.68. The van der Waals surface area contributed by atoms with Crippen LogP contribution < -0.4 is 5.56 Å². The lowest BCUT2D eigenvalue weighted by atomic mass is 10.3. The maximum atomic E-state index is 11.4. The van der Waals surface area contributed by atoms with Crippen LogP contribution in [-0.4, -0.2) is 4.57 Å². The van der Waals surface area contributed by atoms with Crippen LogP contribution in [0.3, 0.4) is 0 Å². The number of hydrogen-bond donors (Lipinski definition) is 0. The van der Waals surface area contributed by atoms with Gasteiger partial charge in [0.05, 0.1) is 10.3 Å². The van der Waals surface area contributed by atoms with Gasteiger partial charge in [-0.15, -0.1) is 11.3 Å². The summed E-state index contributed by atoms with van der Waals surface area (Å²) in [6, 6.07) is 7.22. The Bertz CT molecular complexity index is 489. The number of hydrogen-bond acceptors (Lipinski definition) is 2. The molecule has 0 aromatic carbocycles. The number of halogens is 1. The van der Waals surface area contributed by atoms with E-state index in [1.165, 1.54) is 0 Å². The Morgan fingerprint density at radius 2 is 2.29 bits per heavy atom. The Morgan fingerprint density at radius 1 is 1.43 bits per heavy atom. The molecule has 4 heteroatoms. The lowest BCUT2D eigenvalue weighted by Crippen LogP contribution is -2.17. The zero-order valence-corrected chi connectivity index (χ0v) is 9.72. The third-order valence-corrected chi connectivity index (χ3v) is 3.43. The molecule has 0 fully saturated rings. The van der Waals surface area contributed by atoms with Crippen LogP contribution in [0.5, 0.6) is 0 Å². The molecule has 2 heterocycles. The van der Waals surface area contributed by atoms with Gasteiger partial charge in [0.2, 0.25) is 0 Å². The minimum atomic E-state index is 0.0369. The van der Waals surface area contributed by atoms with Crippen LogP contribution in [-0.2, 0) is 6.54 Å². The van der Waals surface area contributed by atoms with Crippen molar-refractivity contribution in [2.45, 2.75) is 6.54 Å². The fourth-order valence-electron chi connectivity index (χ4n) is 1.22. The van der Waals surface area contributed by atoms with Crippen molar-refractivity contribution in [3.8, 4) is 0 Å². The summed E-state index contributed by atoms with van der Waals surface area (Å²) in [7, 11) is 0. The lowest BCUT2D eigenvalue weighted by Gasteiger charge is -2.01. The highest BCUT2D eigenvalue weighted by Gasteiger charge is 1.99. The third-order valence-electron chi connectivity index (χ3n) is 1.87. The van der Waals surface area contributed by atoms with Gasteiger partial charge in [-0.05, 0) is 39.0 Å². The highest BCUT2D eigenvalue weighted by Crippen LogP contribution is 2.20. The van der Waals surface area contributed by atoms with Crippen LogP contribution >= 0.6 is 27.3 Å². The summed E-state index contributed by atoms with van der Waals surface area (Å²) < 4.78 is 2.78. The van der Waals surface area contributed by atoms with E-state index in [0.29, 0.717) is 6.54 Å². The predicted molar refractivity (Wildman–Crippen MR) is 61.8 cm³/mol. The molecule has 0 radical (unpaired) electrons. The fraction of sp³-hybridized carbons (Fsp3) is 0.100. The number of aromatic nitrogens is 1. The highest BCUT2D eigenvalue weighted by atomic mass is 79.9. The van der Waals surface area contributed by atoms with E-state index in [1.54, 1.807) is 34.2 Å². The monoisotopic (exact) mass is 269 g/mol. The first-order valence-electron chi connectivity index (χ1n) is 4.14. The van der Waals surface area contributed by atoms with Crippen LogP contribution in [0.1, 0.15) is 5.56 Å². The van der Waals surface area contributed by atoms with Gasteiger partial charge in [0.25, 0.3) is 5.56 Å². The summed E-state index contributed by atoms with van der Waals surface area (Å²) in [5, 5.41) is 2.05. The highest BCUT2D eigenvalue weighted by molar-refractivity contribution is 9.11. The average molecular weight is 270 g/mol. The van der Waals surface area contributed by atoms with E-state index in [2.05, 4.69) is 15.9 Å². The Kier molecular flexibility index (Phi) is 2.84. The Morgan fingerprint density at radius 3 is 2.93 bits per heavy atom. The van der Waals surface area contributed by atoms with Gasteiger partial charge in [0.1, 0.15) is 0 Å². The zero-order chi connectivity index (χ0) is 9.97. The van der Waals surface area contributed by atoms with Crippen molar-refractivity contribution < 1.29 is 0 Å². The van der Waals surface area contributed by atoms with Crippen LogP contribution in [0.15, 0.2) is 44.4 Å². The predicted octanol–water partition coefficient (Wildman–Crippen LogP) is 2.72. The van der Waals surface area contributed by atoms with E-state index in [0.717, 1.165) is 9.35 Å². The first-order chi connectivity index (χ1) is 6.75. The molecule has 0 amide bonds. The van der Waals surface area contributed by atoms with E-state index < -0.39 is 0 Å². The number of nitrogens with zero attached hydrogens (tertiary/aromatic N) is 1. The average Bonchev–Trinajstić information content (AvgIpc) is 2.56. The summed E-state index contributed by atoms with van der Waals surface area (Å²) >= 11 is 5.03. The number of pyridine rings is 1.